The molecule has 1 saturated heterocycles. The van der Waals surface area contributed by atoms with Crippen LogP contribution < -0.4 is 4.74 Å². The summed E-state index contributed by atoms with van der Waals surface area (Å²) in [7, 11) is 0. The number of nitrogens with zero attached hydrogens (tertiary/aromatic N) is 5. The van der Waals surface area contributed by atoms with Crippen molar-refractivity contribution in [3.05, 3.63) is 71.0 Å². The molecule has 35 heavy (non-hydrogen) atoms. The van der Waals surface area contributed by atoms with Gasteiger partial charge in [-0.05, 0) is 59.4 Å². The molecule has 2 heterocycles. The summed E-state index contributed by atoms with van der Waals surface area (Å²) in [5.74, 6) is 1.72. The Hall–Kier alpha value is -3.47. The Morgan fingerprint density at radius 1 is 1.00 bits per heavy atom. The van der Waals surface area contributed by atoms with Crippen LogP contribution in [0.15, 0.2) is 53.7 Å². The highest BCUT2D eigenvalue weighted by Crippen LogP contribution is 2.29. The second-order valence-corrected chi connectivity index (χ2v) is 8.21. The molecule has 1 fully saturated rings. The van der Waals surface area contributed by atoms with E-state index in [2.05, 4.69) is 20.6 Å². The van der Waals surface area contributed by atoms with E-state index in [-0.39, 0.29) is 13.2 Å². The van der Waals surface area contributed by atoms with Crippen molar-refractivity contribution in [1.29, 1.82) is 0 Å². The molecule has 0 unspecified atom stereocenters. The Morgan fingerprint density at radius 3 is 2.43 bits per heavy atom. The zero-order chi connectivity index (χ0) is 24.5. The van der Waals surface area contributed by atoms with Crippen molar-refractivity contribution < 1.29 is 27.5 Å². The number of aromatic nitrogens is 4. The second-order valence-electron chi connectivity index (χ2n) is 8.21. The quantitative estimate of drug-likeness (QED) is 0.309. The highest BCUT2D eigenvalue weighted by molar-refractivity contribution is 5.60. The van der Waals surface area contributed by atoms with Gasteiger partial charge in [0.1, 0.15) is 12.4 Å². The van der Waals surface area contributed by atoms with E-state index in [0.29, 0.717) is 29.5 Å². The lowest BCUT2D eigenvalue weighted by Crippen LogP contribution is -2.21. The van der Waals surface area contributed by atoms with E-state index in [0.717, 1.165) is 50.3 Å². The molecule has 1 aliphatic rings. The van der Waals surface area contributed by atoms with Gasteiger partial charge in [-0.25, -0.2) is 0 Å². The van der Waals surface area contributed by atoms with Crippen molar-refractivity contribution >= 4 is 6.21 Å². The monoisotopic (exact) mass is 489 g/mol. The standard InChI is InChI=1S/C24H26F3N5O3/c25-24(26,27)21-5-1-20(2-6-21)16-35-28-12-9-18-3-7-22(8-4-18)34-17-23-29-31-32(30-23)15-19-10-13-33-14-11-19/h1-8,12,19H,9-11,13-17H2. The lowest BCUT2D eigenvalue weighted by atomic mass is 10.0. The average Bonchev–Trinajstić information content (AvgIpc) is 3.31. The van der Waals surface area contributed by atoms with Crippen LogP contribution in [0.5, 0.6) is 5.75 Å². The normalized spacial score (nSPS) is 14.9. The summed E-state index contributed by atoms with van der Waals surface area (Å²) in [6.45, 7) is 2.63. The van der Waals surface area contributed by atoms with Crippen LogP contribution >= 0.6 is 0 Å². The largest absolute Gasteiger partial charge is 0.485 e. The summed E-state index contributed by atoms with van der Waals surface area (Å²) in [5.41, 5.74) is 0.917. The van der Waals surface area contributed by atoms with Gasteiger partial charge in [0, 0.05) is 25.8 Å². The van der Waals surface area contributed by atoms with Crippen molar-refractivity contribution in [3.63, 3.8) is 0 Å². The van der Waals surface area contributed by atoms with E-state index in [1.807, 2.05) is 24.3 Å². The van der Waals surface area contributed by atoms with E-state index in [1.165, 1.54) is 12.1 Å². The summed E-state index contributed by atoms with van der Waals surface area (Å²) >= 11 is 0. The number of hydrogen-bond acceptors (Lipinski definition) is 7. The molecule has 3 aromatic rings. The van der Waals surface area contributed by atoms with Gasteiger partial charge < -0.3 is 14.3 Å². The van der Waals surface area contributed by atoms with Crippen LogP contribution in [0.1, 0.15) is 35.4 Å². The molecule has 8 nitrogen and oxygen atoms in total. The molecule has 1 aromatic heterocycles. The predicted octanol–water partition coefficient (Wildman–Crippen LogP) is 4.44. The summed E-state index contributed by atoms with van der Waals surface area (Å²) < 4.78 is 48.8. The molecule has 0 saturated carbocycles. The zero-order valence-electron chi connectivity index (χ0n) is 19.0. The van der Waals surface area contributed by atoms with E-state index in [9.17, 15) is 13.2 Å². The van der Waals surface area contributed by atoms with E-state index < -0.39 is 11.7 Å². The molecule has 0 amide bonds. The molecule has 0 atom stereocenters. The van der Waals surface area contributed by atoms with Crippen molar-refractivity contribution in [2.45, 2.75) is 45.2 Å². The van der Waals surface area contributed by atoms with Gasteiger partial charge in [0.05, 0.1) is 12.1 Å². The first-order chi connectivity index (χ1) is 17.0. The number of ether oxygens (including phenoxy) is 2. The molecule has 0 radical (unpaired) electrons. The first-order valence-corrected chi connectivity index (χ1v) is 11.3. The van der Waals surface area contributed by atoms with Gasteiger partial charge >= 0.3 is 6.18 Å². The van der Waals surface area contributed by atoms with Crippen LogP contribution in [-0.2, 0) is 41.9 Å². The van der Waals surface area contributed by atoms with E-state index in [1.54, 1.807) is 11.0 Å². The number of alkyl halides is 3. The highest BCUT2D eigenvalue weighted by Gasteiger charge is 2.29. The third kappa shape index (κ3) is 7.78. The lowest BCUT2D eigenvalue weighted by molar-refractivity contribution is -0.137. The molecule has 11 heteroatoms. The van der Waals surface area contributed by atoms with Gasteiger partial charge in [-0.3, -0.25) is 0 Å². The molecule has 1 aliphatic heterocycles. The predicted molar refractivity (Wildman–Crippen MR) is 121 cm³/mol. The maximum Gasteiger partial charge on any atom is 0.416 e. The Kier molecular flexibility index (Phi) is 8.30. The van der Waals surface area contributed by atoms with Gasteiger partial charge in [0.25, 0.3) is 0 Å². The third-order valence-corrected chi connectivity index (χ3v) is 5.54. The number of hydrogen-bond donors (Lipinski definition) is 0. The zero-order valence-corrected chi connectivity index (χ0v) is 19.0. The summed E-state index contributed by atoms with van der Waals surface area (Å²) in [6, 6.07) is 12.3. The Bertz CT molecular complexity index is 1080. The number of tetrazole rings is 1. The van der Waals surface area contributed by atoms with Gasteiger partial charge in [0.15, 0.2) is 6.61 Å². The molecule has 186 valence electrons. The fraction of sp³-hybridized carbons (Fsp3) is 0.417. The SMILES string of the molecule is FC(F)(F)c1ccc(CON=CCc2ccc(OCc3nnn(CC4CCOCC4)n3)cc2)cc1. The topological polar surface area (TPSA) is 83.7 Å². The minimum Gasteiger partial charge on any atom is -0.485 e. The lowest BCUT2D eigenvalue weighted by Gasteiger charge is -2.20. The van der Waals surface area contributed by atoms with Crippen LogP contribution in [0.2, 0.25) is 0 Å². The van der Waals surface area contributed by atoms with E-state index >= 15 is 0 Å². The molecular formula is C24H26F3N5O3. The van der Waals surface area contributed by atoms with Gasteiger partial charge in [-0.15, -0.1) is 10.2 Å². The first-order valence-electron chi connectivity index (χ1n) is 11.3. The van der Waals surface area contributed by atoms with Crippen LogP contribution in [0, 0.1) is 5.92 Å². The number of halogens is 3. The van der Waals surface area contributed by atoms with Crippen LogP contribution in [0.4, 0.5) is 13.2 Å². The maximum absolute atomic E-state index is 12.6. The Morgan fingerprint density at radius 2 is 1.71 bits per heavy atom. The minimum atomic E-state index is -4.35. The number of oxime groups is 1. The summed E-state index contributed by atoms with van der Waals surface area (Å²) in [4.78, 5) is 6.79. The van der Waals surface area contributed by atoms with Crippen LogP contribution in [-0.4, -0.2) is 39.6 Å². The van der Waals surface area contributed by atoms with Crippen molar-refractivity contribution in [1.82, 2.24) is 20.2 Å². The first kappa shape index (κ1) is 24.6. The number of rotatable bonds is 10. The fourth-order valence-electron chi connectivity index (χ4n) is 3.54. The average molecular weight is 489 g/mol. The van der Waals surface area contributed by atoms with Crippen LogP contribution in [0.25, 0.3) is 0 Å². The molecule has 0 bridgehead atoms. The molecule has 0 spiro atoms. The van der Waals surface area contributed by atoms with Crippen molar-refractivity contribution in [2.75, 3.05) is 13.2 Å². The van der Waals surface area contributed by atoms with Crippen molar-refractivity contribution in [2.24, 2.45) is 11.1 Å². The highest BCUT2D eigenvalue weighted by atomic mass is 19.4. The van der Waals surface area contributed by atoms with Gasteiger partial charge in [-0.1, -0.05) is 29.4 Å². The fourth-order valence-corrected chi connectivity index (χ4v) is 3.54. The summed E-state index contributed by atoms with van der Waals surface area (Å²) in [5, 5.41) is 16.4. The maximum atomic E-state index is 12.6. The van der Waals surface area contributed by atoms with Crippen LogP contribution in [0.3, 0.4) is 0 Å². The Balaban J connectivity index is 1.16. The third-order valence-electron chi connectivity index (χ3n) is 5.54. The minimum absolute atomic E-state index is 0.0924. The molecule has 0 N–H and O–H groups in total. The smallest absolute Gasteiger partial charge is 0.416 e. The van der Waals surface area contributed by atoms with Crippen molar-refractivity contribution in [3.8, 4) is 5.75 Å². The molecule has 2 aromatic carbocycles. The molecular weight excluding hydrogens is 463 g/mol. The second kappa shape index (κ2) is 11.8. The summed E-state index contributed by atoms with van der Waals surface area (Å²) in [6.07, 6.45) is -0.193. The van der Waals surface area contributed by atoms with Gasteiger partial charge in [-0.2, -0.15) is 18.0 Å². The Labute approximate surface area is 200 Å². The molecule has 0 aliphatic carbocycles. The molecule has 4 rings (SSSR count). The van der Waals surface area contributed by atoms with Gasteiger partial charge in [0.2, 0.25) is 5.82 Å². The van der Waals surface area contributed by atoms with E-state index in [4.69, 9.17) is 14.3 Å². The number of benzene rings is 2.